The van der Waals surface area contributed by atoms with E-state index in [0.717, 1.165) is 0 Å². The van der Waals surface area contributed by atoms with Gasteiger partial charge in [-0.2, -0.15) is 5.26 Å². The first-order valence-corrected chi connectivity index (χ1v) is 5.84. The van der Waals surface area contributed by atoms with Crippen LogP contribution in [-0.2, 0) is 9.53 Å². The molecule has 1 atom stereocenters. The van der Waals surface area contributed by atoms with Gasteiger partial charge < -0.3 is 10.1 Å². The summed E-state index contributed by atoms with van der Waals surface area (Å²) in [6.07, 6.45) is -0.111. The van der Waals surface area contributed by atoms with E-state index in [1.54, 1.807) is 25.1 Å². The average molecular weight is 247 g/mol. The largest absolute Gasteiger partial charge is 0.463 e. The summed E-state index contributed by atoms with van der Waals surface area (Å²) >= 11 is 0. The van der Waals surface area contributed by atoms with Crippen LogP contribution in [0.3, 0.4) is 0 Å². The molecule has 0 bridgehead atoms. The molecule has 0 saturated heterocycles. The summed E-state index contributed by atoms with van der Waals surface area (Å²) in [5.74, 6) is 0.0760. The zero-order valence-corrected chi connectivity index (χ0v) is 10.8. The number of nitriles is 1. The maximum Gasteiger partial charge on any atom is 0.310 e. The summed E-state index contributed by atoms with van der Waals surface area (Å²) < 4.78 is 5.09. The van der Waals surface area contributed by atoms with E-state index < -0.39 is 0 Å². The van der Waals surface area contributed by atoms with Gasteiger partial charge in [0, 0.05) is 6.54 Å². The lowest BCUT2D eigenvalue weighted by Crippen LogP contribution is -2.25. The number of ether oxygens (including phenoxy) is 1. The van der Waals surface area contributed by atoms with Gasteiger partial charge >= 0.3 is 5.97 Å². The molecule has 0 fully saturated rings. The molecule has 0 radical (unpaired) electrons. The third-order valence-electron chi connectivity index (χ3n) is 2.21. The number of nitrogens with one attached hydrogen (secondary N) is 1. The van der Waals surface area contributed by atoms with Gasteiger partial charge in [-0.3, -0.25) is 4.79 Å². The fourth-order valence-corrected chi connectivity index (χ4v) is 1.28. The molecule has 0 spiro atoms. The van der Waals surface area contributed by atoms with E-state index in [0.29, 0.717) is 18.1 Å². The summed E-state index contributed by atoms with van der Waals surface area (Å²) in [6.45, 7) is 5.84. The van der Waals surface area contributed by atoms with Crippen LogP contribution in [0.1, 0.15) is 26.5 Å². The molecule has 1 heterocycles. The van der Waals surface area contributed by atoms with Crippen molar-refractivity contribution in [2.24, 2.45) is 5.92 Å². The number of hydrogen-bond donors (Lipinski definition) is 1. The van der Waals surface area contributed by atoms with Crippen LogP contribution in [-0.4, -0.2) is 23.6 Å². The number of anilines is 1. The number of hydrogen-bond acceptors (Lipinski definition) is 5. The zero-order valence-electron chi connectivity index (χ0n) is 10.8. The Kier molecular flexibility index (Phi) is 5.12. The minimum atomic E-state index is -0.264. The minimum absolute atomic E-state index is 0.111. The predicted octanol–water partition coefficient (Wildman–Crippen LogP) is 1.95. The van der Waals surface area contributed by atoms with Gasteiger partial charge in [0.1, 0.15) is 17.6 Å². The molecule has 0 aliphatic heterocycles. The fourth-order valence-electron chi connectivity index (χ4n) is 1.28. The second kappa shape index (κ2) is 6.60. The molecule has 1 rings (SSSR count). The smallest absolute Gasteiger partial charge is 0.310 e. The highest BCUT2D eigenvalue weighted by Gasteiger charge is 2.15. The number of carbonyl (C=O) groups excluding carboxylic acids is 1. The Morgan fingerprint density at radius 2 is 2.22 bits per heavy atom. The normalized spacial score (nSPS) is 11.7. The second-order valence-corrected chi connectivity index (χ2v) is 4.29. The number of pyridine rings is 1. The van der Waals surface area contributed by atoms with Gasteiger partial charge in [0.15, 0.2) is 0 Å². The summed E-state index contributed by atoms with van der Waals surface area (Å²) in [4.78, 5) is 15.6. The Balaban J connectivity index is 2.49. The van der Waals surface area contributed by atoms with Gasteiger partial charge in [0.25, 0.3) is 0 Å². The summed E-state index contributed by atoms with van der Waals surface area (Å²) in [5, 5.41) is 11.7. The molecule has 1 aromatic rings. The average Bonchev–Trinajstić information content (AvgIpc) is 2.35. The Morgan fingerprint density at radius 1 is 1.50 bits per heavy atom. The molecule has 1 aromatic heterocycles. The molecule has 0 aliphatic carbocycles. The number of nitrogens with zero attached hydrogens (tertiary/aromatic N) is 2. The van der Waals surface area contributed by atoms with Crippen molar-refractivity contribution in [3.05, 3.63) is 23.9 Å². The first kappa shape index (κ1) is 14.0. The maximum atomic E-state index is 11.6. The van der Waals surface area contributed by atoms with E-state index in [9.17, 15) is 4.79 Å². The third kappa shape index (κ3) is 4.42. The van der Waals surface area contributed by atoms with Crippen molar-refractivity contribution < 1.29 is 9.53 Å². The Hall–Kier alpha value is -2.09. The lowest BCUT2D eigenvalue weighted by atomic mass is 10.2. The Morgan fingerprint density at radius 3 is 2.83 bits per heavy atom. The fraction of sp³-hybridized carbons (Fsp3) is 0.462. The molecule has 18 heavy (non-hydrogen) atoms. The van der Waals surface area contributed by atoms with E-state index in [1.807, 2.05) is 19.9 Å². The molecule has 1 N–H and O–H groups in total. The molecule has 0 aromatic carbocycles. The van der Waals surface area contributed by atoms with Gasteiger partial charge in [0.05, 0.1) is 12.0 Å². The molecule has 0 amide bonds. The lowest BCUT2D eigenvalue weighted by Gasteiger charge is -2.14. The number of carbonyl (C=O) groups is 1. The van der Waals surface area contributed by atoms with Crippen LogP contribution < -0.4 is 5.32 Å². The molecule has 1 unspecified atom stereocenters. The van der Waals surface area contributed by atoms with E-state index in [-0.39, 0.29) is 18.0 Å². The van der Waals surface area contributed by atoms with Crippen molar-refractivity contribution in [3.8, 4) is 6.07 Å². The highest BCUT2D eigenvalue weighted by Crippen LogP contribution is 2.07. The maximum absolute atomic E-state index is 11.6. The zero-order chi connectivity index (χ0) is 13.5. The SMILES string of the molecule is CC(C)OC(=O)C(C)CNc1cccc(C#N)n1. The molecule has 96 valence electrons. The van der Waals surface area contributed by atoms with Crippen LogP contribution in [0.15, 0.2) is 18.2 Å². The van der Waals surface area contributed by atoms with Crippen molar-refractivity contribution in [2.75, 3.05) is 11.9 Å². The van der Waals surface area contributed by atoms with Gasteiger partial charge in [-0.1, -0.05) is 13.0 Å². The summed E-state index contributed by atoms with van der Waals surface area (Å²) in [5.41, 5.74) is 0.345. The van der Waals surface area contributed by atoms with E-state index in [4.69, 9.17) is 10.00 Å². The van der Waals surface area contributed by atoms with Crippen LogP contribution in [0.25, 0.3) is 0 Å². The van der Waals surface area contributed by atoms with Gasteiger partial charge in [-0.15, -0.1) is 0 Å². The van der Waals surface area contributed by atoms with Crippen molar-refractivity contribution in [2.45, 2.75) is 26.9 Å². The first-order valence-electron chi connectivity index (χ1n) is 5.84. The Bertz CT molecular complexity index is 452. The van der Waals surface area contributed by atoms with E-state index in [2.05, 4.69) is 10.3 Å². The van der Waals surface area contributed by atoms with Gasteiger partial charge in [-0.05, 0) is 26.0 Å². The van der Waals surface area contributed by atoms with Gasteiger partial charge in [0.2, 0.25) is 0 Å². The van der Waals surface area contributed by atoms with Crippen LogP contribution >= 0.6 is 0 Å². The van der Waals surface area contributed by atoms with E-state index in [1.165, 1.54) is 0 Å². The molecule has 0 saturated carbocycles. The third-order valence-corrected chi connectivity index (χ3v) is 2.21. The standard InChI is InChI=1S/C13H17N3O2/c1-9(2)18-13(17)10(3)8-15-12-6-4-5-11(7-14)16-12/h4-6,9-10H,8H2,1-3H3,(H,15,16). The van der Waals surface area contributed by atoms with Crippen molar-refractivity contribution >= 4 is 11.8 Å². The number of esters is 1. The Labute approximate surface area is 107 Å². The number of rotatable bonds is 5. The minimum Gasteiger partial charge on any atom is -0.463 e. The van der Waals surface area contributed by atoms with Crippen molar-refractivity contribution in [1.82, 2.24) is 4.98 Å². The van der Waals surface area contributed by atoms with Crippen LogP contribution in [0.2, 0.25) is 0 Å². The van der Waals surface area contributed by atoms with Crippen LogP contribution in [0.4, 0.5) is 5.82 Å². The highest BCUT2D eigenvalue weighted by atomic mass is 16.5. The van der Waals surface area contributed by atoms with E-state index >= 15 is 0 Å². The van der Waals surface area contributed by atoms with Crippen molar-refractivity contribution in [3.63, 3.8) is 0 Å². The topological polar surface area (TPSA) is 75.0 Å². The lowest BCUT2D eigenvalue weighted by molar-refractivity contribution is -0.151. The number of aromatic nitrogens is 1. The highest BCUT2D eigenvalue weighted by molar-refractivity contribution is 5.72. The summed E-state index contributed by atoms with van der Waals surface area (Å²) in [6, 6.07) is 7.08. The molecular weight excluding hydrogens is 230 g/mol. The molecule has 5 nitrogen and oxygen atoms in total. The van der Waals surface area contributed by atoms with Crippen molar-refractivity contribution in [1.29, 1.82) is 5.26 Å². The summed E-state index contributed by atoms with van der Waals surface area (Å²) in [7, 11) is 0. The molecule has 0 aliphatic rings. The second-order valence-electron chi connectivity index (χ2n) is 4.29. The molecular formula is C13H17N3O2. The predicted molar refractivity (Wildman–Crippen MR) is 67.8 cm³/mol. The monoisotopic (exact) mass is 247 g/mol. The van der Waals surface area contributed by atoms with Crippen LogP contribution in [0.5, 0.6) is 0 Å². The molecule has 5 heteroatoms. The van der Waals surface area contributed by atoms with Gasteiger partial charge in [-0.25, -0.2) is 4.98 Å². The van der Waals surface area contributed by atoms with Crippen LogP contribution in [0, 0.1) is 17.2 Å². The quantitative estimate of drug-likeness (QED) is 0.805. The first-order chi connectivity index (χ1) is 8.52.